The molecule has 4 saturated carbocycles. The maximum Gasteiger partial charge on any atom is 0.416 e. The number of hydrogen-bond acceptors (Lipinski definition) is 7. The molecule has 9 unspecified atom stereocenters. The van der Waals surface area contributed by atoms with Gasteiger partial charge in [-0.25, -0.2) is 0 Å². The van der Waals surface area contributed by atoms with Gasteiger partial charge in [0.25, 0.3) is 0 Å². The maximum atomic E-state index is 14.1. The normalized spacial score (nSPS) is 44.6. The number of carbonyl (C=O) groups is 1. The zero-order chi connectivity index (χ0) is 36.1. The molecule has 9 rings (SSSR count). The summed E-state index contributed by atoms with van der Waals surface area (Å²) in [6.07, 6.45) is 10.6. The fourth-order valence-electron chi connectivity index (χ4n) is 14.0. The summed E-state index contributed by atoms with van der Waals surface area (Å²) in [7, 11) is 3.45. The van der Waals surface area contributed by atoms with E-state index in [1.807, 2.05) is 0 Å². The summed E-state index contributed by atoms with van der Waals surface area (Å²) in [5.41, 5.74) is -0.257. The van der Waals surface area contributed by atoms with Crippen molar-refractivity contribution in [2.45, 2.75) is 62.8 Å². The fourth-order valence-corrected chi connectivity index (χ4v) is 14.0. The van der Waals surface area contributed by atoms with E-state index in [1.54, 1.807) is 14.2 Å². The average molecular weight is 728 g/mol. The van der Waals surface area contributed by atoms with Crippen LogP contribution in [0.25, 0.3) is 0 Å². The Hall–Kier alpha value is -2.34. The lowest BCUT2D eigenvalue weighted by Gasteiger charge is -2.50. The van der Waals surface area contributed by atoms with Gasteiger partial charge in [0, 0.05) is 70.6 Å². The first kappa shape index (κ1) is 35.4. The molecular formula is C41H56F3N3O5. The molecule has 9 aliphatic rings. The van der Waals surface area contributed by atoms with Gasteiger partial charge < -0.3 is 29.5 Å². The molecule has 8 nitrogen and oxygen atoms in total. The van der Waals surface area contributed by atoms with Crippen LogP contribution in [0.4, 0.5) is 13.2 Å². The van der Waals surface area contributed by atoms with E-state index in [0.29, 0.717) is 86.4 Å². The van der Waals surface area contributed by atoms with Gasteiger partial charge in [-0.2, -0.15) is 13.2 Å². The number of carboxylic acids is 1. The number of carboxylic acid groups (broad SMARTS) is 1. The number of likely N-dealkylation sites (tertiary alicyclic amines) is 3. The highest BCUT2D eigenvalue weighted by molar-refractivity contribution is 5.70. The monoisotopic (exact) mass is 727 g/mol. The van der Waals surface area contributed by atoms with E-state index in [9.17, 15) is 28.2 Å². The fraction of sp³-hybridized carbons (Fsp3) is 0.780. The van der Waals surface area contributed by atoms with E-state index in [2.05, 4.69) is 32.9 Å². The van der Waals surface area contributed by atoms with Gasteiger partial charge in [-0.1, -0.05) is 12.2 Å². The lowest BCUT2D eigenvalue weighted by Crippen LogP contribution is -2.54. The lowest BCUT2D eigenvalue weighted by atomic mass is 9.64. The molecular weight excluding hydrogens is 671 g/mol. The second kappa shape index (κ2) is 13.2. The summed E-state index contributed by atoms with van der Waals surface area (Å²) in [6.45, 7) is 6.30. The smallest absolute Gasteiger partial charge is 0.416 e. The zero-order valence-electron chi connectivity index (χ0n) is 30.6. The highest BCUT2D eigenvalue weighted by Crippen LogP contribution is 2.75. The van der Waals surface area contributed by atoms with Crippen molar-refractivity contribution in [3.8, 4) is 0 Å². The number of nitrogens with zero attached hydrogens (tertiary/aromatic N) is 3. The van der Waals surface area contributed by atoms with E-state index in [-0.39, 0.29) is 17.8 Å². The van der Waals surface area contributed by atoms with E-state index in [0.717, 1.165) is 69.4 Å². The summed E-state index contributed by atoms with van der Waals surface area (Å²) in [4.78, 5) is 19.2. The van der Waals surface area contributed by atoms with Crippen molar-refractivity contribution in [2.75, 3.05) is 66.6 Å². The minimum atomic E-state index is -4.42. The Morgan fingerprint density at radius 1 is 0.981 bits per heavy atom. The summed E-state index contributed by atoms with van der Waals surface area (Å²) in [6, 6.07) is 0.583. The molecule has 0 radical (unpaired) electrons. The standard InChI is InChI=1S/C41H56F3N3O5/c1-51-22-27-18-45(20-34(27)30-8-5-28(41(42,43)44)14-35(30)46-11-9-24(10-12-46)39(48)49)17-26-19-47(21-33(26)23-3-6-29(52-2)7-4-23)38-31-13-25-15-40(50)16-32(38)36(25)37(31)40/h3,5-7,14,23-27,30-34,36-38,50H,4,8-13,15-22H2,1-2H3,(H,48,49)/t23?,25?,26-,27-,30?,31?,32?,33+,34+,36?,37?,38?,40?/m1/s1. The maximum absolute atomic E-state index is 14.1. The van der Waals surface area contributed by atoms with Crippen LogP contribution in [-0.4, -0.2) is 115 Å². The van der Waals surface area contributed by atoms with Crippen LogP contribution in [0.1, 0.15) is 44.9 Å². The SMILES string of the molecule is COC[C@H]1CN(C[C@@H]2CN(C3C4CC5(O)CC6CC3C5C64)C[C@H]2C2C=CC(OC)=CC2)C[C@@H]1C1CC=C(C(F)(F)F)C=C1N1CCC(C(=O)O)CC1. The van der Waals surface area contributed by atoms with Gasteiger partial charge in [-0.05, 0) is 122 Å². The molecule has 0 spiro atoms. The van der Waals surface area contributed by atoms with Crippen molar-refractivity contribution in [3.63, 3.8) is 0 Å². The van der Waals surface area contributed by atoms with Crippen LogP contribution >= 0.6 is 0 Å². The molecule has 6 bridgehead atoms. The third kappa shape index (κ3) is 5.81. The van der Waals surface area contributed by atoms with Gasteiger partial charge in [-0.15, -0.1) is 0 Å². The first-order valence-corrected chi connectivity index (χ1v) is 20.0. The number of methoxy groups -OCH3 is 2. The molecule has 2 N–H and O–H groups in total. The highest BCUT2D eigenvalue weighted by Gasteiger charge is 2.76. The number of hydrogen-bond donors (Lipinski definition) is 2. The zero-order valence-corrected chi connectivity index (χ0v) is 30.6. The van der Waals surface area contributed by atoms with Gasteiger partial charge in [0.15, 0.2) is 0 Å². The first-order chi connectivity index (χ1) is 25.0. The van der Waals surface area contributed by atoms with Crippen molar-refractivity contribution in [3.05, 3.63) is 47.4 Å². The van der Waals surface area contributed by atoms with Gasteiger partial charge in [0.1, 0.15) is 5.76 Å². The molecule has 3 heterocycles. The molecule has 0 aromatic rings. The van der Waals surface area contributed by atoms with Crippen LogP contribution < -0.4 is 0 Å². The summed E-state index contributed by atoms with van der Waals surface area (Å²) in [5, 5.41) is 21.1. The van der Waals surface area contributed by atoms with Crippen molar-refractivity contribution < 1.29 is 37.7 Å². The number of aliphatic carboxylic acids is 1. The second-order valence-corrected chi connectivity index (χ2v) is 18.1. The van der Waals surface area contributed by atoms with Crippen molar-refractivity contribution >= 4 is 5.97 Å². The van der Waals surface area contributed by atoms with Crippen molar-refractivity contribution in [1.29, 1.82) is 0 Å². The van der Waals surface area contributed by atoms with E-state index < -0.39 is 29.2 Å². The molecule has 0 aromatic carbocycles. The number of alkyl halides is 3. The second-order valence-electron chi connectivity index (χ2n) is 18.1. The van der Waals surface area contributed by atoms with E-state index >= 15 is 0 Å². The predicted molar refractivity (Wildman–Crippen MR) is 188 cm³/mol. The number of rotatable bonds is 10. The molecule has 3 aliphatic heterocycles. The Bertz CT molecular complexity index is 1530. The third-order valence-corrected chi connectivity index (χ3v) is 15.8. The van der Waals surface area contributed by atoms with Gasteiger partial charge in [0.05, 0.1) is 30.8 Å². The van der Waals surface area contributed by atoms with Crippen molar-refractivity contribution in [2.24, 2.45) is 71.0 Å². The molecule has 286 valence electrons. The lowest BCUT2D eigenvalue weighted by molar-refractivity contribution is -0.143. The number of ether oxygens (including phenoxy) is 2. The molecule has 0 aromatic heterocycles. The molecule has 52 heavy (non-hydrogen) atoms. The Balaban J connectivity index is 0.943. The van der Waals surface area contributed by atoms with Crippen LogP contribution in [0, 0.1) is 71.0 Å². The number of aliphatic hydroxyl groups is 1. The molecule has 0 amide bonds. The van der Waals surface area contributed by atoms with Gasteiger partial charge in [-0.3, -0.25) is 9.69 Å². The van der Waals surface area contributed by atoms with Gasteiger partial charge in [0.2, 0.25) is 0 Å². The summed E-state index contributed by atoms with van der Waals surface area (Å²) in [5.74, 6) is 4.53. The number of piperidine rings is 1. The van der Waals surface area contributed by atoms with E-state index in [4.69, 9.17) is 9.47 Å². The average Bonchev–Trinajstić information content (AvgIpc) is 3.96. The van der Waals surface area contributed by atoms with Crippen LogP contribution in [0.2, 0.25) is 0 Å². The minimum absolute atomic E-state index is 0.0748. The Morgan fingerprint density at radius 3 is 2.42 bits per heavy atom. The number of allylic oxidation sites excluding steroid dienone is 7. The minimum Gasteiger partial charge on any atom is -0.497 e. The Morgan fingerprint density at radius 2 is 1.79 bits per heavy atom. The largest absolute Gasteiger partial charge is 0.497 e. The van der Waals surface area contributed by atoms with Crippen LogP contribution in [-0.2, 0) is 14.3 Å². The molecule has 13 atom stereocenters. The van der Waals surface area contributed by atoms with Crippen LogP contribution in [0.15, 0.2) is 47.4 Å². The van der Waals surface area contributed by atoms with Crippen molar-refractivity contribution in [1.82, 2.24) is 14.7 Å². The third-order valence-electron chi connectivity index (χ3n) is 15.8. The molecule has 3 saturated heterocycles. The summed E-state index contributed by atoms with van der Waals surface area (Å²) >= 11 is 0. The topological polar surface area (TPSA) is 85.7 Å². The quantitative estimate of drug-likeness (QED) is 0.309. The molecule has 11 heteroatoms. The van der Waals surface area contributed by atoms with E-state index in [1.165, 1.54) is 18.6 Å². The molecule has 6 aliphatic carbocycles. The Labute approximate surface area is 305 Å². The molecule has 7 fully saturated rings. The summed E-state index contributed by atoms with van der Waals surface area (Å²) < 4.78 is 53.6. The highest BCUT2D eigenvalue weighted by atomic mass is 19.4. The number of halogens is 3. The van der Waals surface area contributed by atoms with Gasteiger partial charge >= 0.3 is 12.1 Å². The first-order valence-electron chi connectivity index (χ1n) is 20.0. The predicted octanol–water partition coefficient (Wildman–Crippen LogP) is 5.43. The van der Waals surface area contributed by atoms with Crippen LogP contribution in [0.5, 0.6) is 0 Å². The Kier molecular flexibility index (Phi) is 8.95. The van der Waals surface area contributed by atoms with Crippen LogP contribution in [0.3, 0.4) is 0 Å².